The van der Waals surface area contributed by atoms with E-state index in [1.807, 2.05) is 38.1 Å². The average Bonchev–Trinajstić information content (AvgIpc) is 2.74. The Morgan fingerprint density at radius 2 is 1.82 bits per heavy atom. The van der Waals surface area contributed by atoms with Crippen molar-refractivity contribution < 1.29 is 9.59 Å². The number of fused-ring (bicyclic) bond motifs is 2. The molecule has 1 spiro atoms. The molecule has 0 aliphatic heterocycles. The fourth-order valence-electron chi connectivity index (χ4n) is 3.47. The third kappa shape index (κ3) is 1.16. The van der Waals surface area contributed by atoms with E-state index in [2.05, 4.69) is 0 Å². The summed E-state index contributed by atoms with van der Waals surface area (Å²) in [6, 6.07) is 7.90. The minimum Gasteiger partial charge on any atom is -0.298 e. The molecule has 0 N–H and O–H groups in total. The van der Waals surface area contributed by atoms with Crippen LogP contribution in [0.5, 0.6) is 0 Å². The van der Waals surface area contributed by atoms with Gasteiger partial charge in [-0.2, -0.15) is 0 Å². The van der Waals surface area contributed by atoms with Crippen molar-refractivity contribution >= 4 is 11.6 Å². The molecule has 0 radical (unpaired) electrons. The second kappa shape index (κ2) is 3.06. The number of carbonyl (C=O) groups is 2. The molecular weight excluding hydrogens is 212 g/mol. The smallest absolute Gasteiger partial charge is 0.156 e. The van der Waals surface area contributed by atoms with E-state index in [1.54, 1.807) is 0 Å². The normalized spacial score (nSPS) is 30.0. The van der Waals surface area contributed by atoms with Gasteiger partial charge in [0, 0.05) is 11.8 Å². The lowest BCUT2D eigenvalue weighted by atomic mass is 9.75. The SMILES string of the molecule is CC1(C)CC(=O)C2(CCc3ccccc32)C1=O. The van der Waals surface area contributed by atoms with Crippen molar-refractivity contribution in [3.8, 4) is 0 Å². The zero-order valence-corrected chi connectivity index (χ0v) is 10.2. The van der Waals surface area contributed by atoms with Crippen molar-refractivity contribution in [1.82, 2.24) is 0 Å². The molecular formula is C15H16O2. The Kier molecular flexibility index (Phi) is 1.93. The molecule has 1 atom stereocenters. The van der Waals surface area contributed by atoms with Crippen LogP contribution in [0, 0.1) is 5.41 Å². The summed E-state index contributed by atoms with van der Waals surface area (Å²) in [4.78, 5) is 25.0. The Bertz CT molecular complexity index is 527. The molecule has 2 aliphatic carbocycles. The van der Waals surface area contributed by atoms with Crippen LogP contribution in [0.15, 0.2) is 24.3 Å². The van der Waals surface area contributed by atoms with E-state index in [1.165, 1.54) is 5.56 Å². The van der Waals surface area contributed by atoms with Crippen molar-refractivity contribution in [2.75, 3.05) is 0 Å². The van der Waals surface area contributed by atoms with Crippen LogP contribution >= 0.6 is 0 Å². The monoisotopic (exact) mass is 228 g/mol. The molecule has 1 saturated carbocycles. The summed E-state index contributed by atoms with van der Waals surface area (Å²) in [7, 11) is 0. The van der Waals surface area contributed by atoms with Gasteiger partial charge in [-0.05, 0) is 24.0 Å². The van der Waals surface area contributed by atoms with Crippen molar-refractivity contribution in [3.63, 3.8) is 0 Å². The molecule has 2 heteroatoms. The minimum absolute atomic E-state index is 0.123. The Hall–Kier alpha value is -1.44. The van der Waals surface area contributed by atoms with Crippen LogP contribution in [0.4, 0.5) is 0 Å². The van der Waals surface area contributed by atoms with Crippen LogP contribution < -0.4 is 0 Å². The quantitative estimate of drug-likeness (QED) is 0.639. The number of ketones is 2. The molecule has 0 heterocycles. The third-order valence-corrected chi connectivity index (χ3v) is 4.33. The summed E-state index contributed by atoms with van der Waals surface area (Å²) >= 11 is 0. The summed E-state index contributed by atoms with van der Waals surface area (Å²) < 4.78 is 0. The number of Topliss-reactive ketones (excluding diaryl/α,β-unsaturated/α-hetero) is 2. The lowest BCUT2D eigenvalue weighted by Gasteiger charge is -2.23. The number of hydrogen-bond acceptors (Lipinski definition) is 2. The fraction of sp³-hybridized carbons (Fsp3) is 0.467. The highest BCUT2D eigenvalue weighted by Gasteiger charge is 2.60. The Morgan fingerprint density at radius 3 is 2.47 bits per heavy atom. The number of aryl methyl sites for hydroxylation is 1. The summed E-state index contributed by atoms with van der Waals surface area (Å²) in [5.74, 6) is 0.248. The maximum Gasteiger partial charge on any atom is 0.156 e. The molecule has 3 rings (SSSR count). The average molecular weight is 228 g/mol. The molecule has 0 amide bonds. The van der Waals surface area contributed by atoms with Gasteiger partial charge < -0.3 is 0 Å². The zero-order valence-electron chi connectivity index (χ0n) is 10.2. The second-order valence-corrected chi connectivity index (χ2v) is 5.88. The number of rotatable bonds is 0. The molecule has 1 aromatic carbocycles. The van der Waals surface area contributed by atoms with Crippen molar-refractivity contribution in [2.45, 2.75) is 38.5 Å². The highest BCUT2D eigenvalue weighted by molar-refractivity contribution is 6.21. The molecule has 88 valence electrons. The van der Waals surface area contributed by atoms with Gasteiger partial charge in [0.25, 0.3) is 0 Å². The molecule has 2 aliphatic rings. The first-order chi connectivity index (χ1) is 7.98. The Balaban J connectivity index is 2.23. The minimum atomic E-state index is -0.805. The maximum absolute atomic E-state index is 12.6. The van der Waals surface area contributed by atoms with Crippen molar-refractivity contribution in [3.05, 3.63) is 35.4 Å². The van der Waals surface area contributed by atoms with E-state index < -0.39 is 10.8 Å². The molecule has 2 nitrogen and oxygen atoms in total. The van der Waals surface area contributed by atoms with Crippen LogP contribution in [-0.4, -0.2) is 11.6 Å². The Morgan fingerprint density at radius 1 is 1.12 bits per heavy atom. The van der Waals surface area contributed by atoms with Crippen LogP contribution in [0.3, 0.4) is 0 Å². The van der Waals surface area contributed by atoms with Crippen LogP contribution in [0.25, 0.3) is 0 Å². The van der Waals surface area contributed by atoms with Gasteiger partial charge in [0.05, 0.1) is 0 Å². The molecule has 1 fully saturated rings. The molecule has 1 unspecified atom stereocenters. The molecule has 0 saturated heterocycles. The van der Waals surface area contributed by atoms with Gasteiger partial charge >= 0.3 is 0 Å². The maximum atomic E-state index is 12.6. The van der Waals surface area contributed by atoms with Gasteiger partial charge in [0.1, 0.15) is 5.41 Å². The summed E-state index contributed by atoms with van der Waals surface area (Å²) in [5.41, 5.74) is 0.849. The first-order valence-corrected chi connectivity index (χ1v) is 6.15. The lowest BCUT2D eigenvalue weighted by Crippen LogP contribution is -2.38. The molecule has 17 heavy (non-hydrogen) atoms. The van der Waals surface area contributed by atoms with Gasteiger partial charge in [-0.15, -0.1) is 0 Å². The number of carbonyl (C=O) groups excluding carboxylic acids is 2. The summed E-state index contributed by atoms with van der Waals surface area (Å²) in [6.45, 7) is 3.78. The van der Waals surface area contributed by atoms with Crippen molar-refractivity contribution in [2.24, 2.45) is 5.41 Å². The third-order valence-electron chi connectivity index (χ3n) is 4.33. The van der Waals surface area contributed by atoms with Crippen LogP contribution in [0.2, 0.25) is 0 Å². The molecule has 0 bridgehead atoms. The van der Waals surface area contributed by atoms with E-state index in [0.717, 1.165) is 12.0 Å². The fourth-order valence-corrected chi connectivity index (χ4v) is 3.47. The first-order valence-electron chi connectivity index (χ1n) is 6.15. The number of hydrogen-bond donors (Lipinski definition) is 0. The van der Waals surface area contributed by atoms with Gasteiger partial charge in [-0.25, -0.2) is 0 Å². The van der Waals surface area contributed by atoms with Gasteiger partial charge in [-0.3, -0.25) is 9.59 Å². The van der Waals surface area contributed by atoms with E-state index in [0.29, 0.717) is 12.8 Å². The molecule has 1 aromatic rings. The van der Waals surface area contributed by atoms with Crippen LogP contribution in [0.1, 0.15) is 37.8 Å². The van der Waals surface area contributed by atoms with E-state index in [9.17, 15) is 9.59 Å². The van der Waals surface area contributed by atoms with E-state index in [4.69, 9.17) is 0 Å². The summed E-state index contributed by atoms with van der Waals surface area (Å²) in [6.07, 6.45) is 1.91. The van der Waals surface area contributed by atoms with E-state index >= 15 is 0 Å². The highest BCUT2D eigenvalue weighted by atomic mass is 16.2. The van der Waals surface area contributed by atoms with Crippen LogP contribution in [-0.2, 0) is 21.4 Å². The molecule has 0 aromatic heterocycles. The van der Waals surface area contributed by atoms with Gasteiger partial charge in [-0.1, -0.05) is 38.1 Å². The number of benzene rings is 1. The topological polar surface area (TPSA) is 34.1 Å². The zero-order chi connectivity index (χ0) is 12.3. The Labute approximate surface area is 101 Å². The summed E-state index contributed by atoms with van der Waals surface area (Å²) in [5, 5.41) is 0. The lowest BCUT2D eigenvalue weighted by molar-refractivity contribution is -0.132. The van der Waals surface area contributed by atoms with E-state index in [-0.39, 0.29) is 11.6 Å². The highest BCUT2D eigenvalue weighted by Crippen LogP contribution is 2.51. The second-order valence-electron chi connectivity index (χ2n) is 5.88. The predicted molar refractivity (Wildman–Crippen MR) is 64.9 cm³/mol. The first kappa shape index (κ1) is 10.7. The van der Waals surface area contributed by atoms with Gasteiger partial charge in [0.15, 0.2) is 11.6 Å². The predicted octanol–water partition coefficient (Wildman–Crippen LogP) is 2.44. The van der Waals surface area contributed by atoms with Crippen molar-refractivity contribution in [1.29, 1.82) is 0 Å². The standard InChI is InChI=1S/C15H16O2/c1-14(2)9-12(16)15(13(14)17)8-7-10-5-3-4-6-11(10)15/h3-6H,7-9H2,1-2H3. The largest absolute Gasteiger partial charge is 0.298 e. The van der Waals surface area contributed by atoms with Gasteiger partial charge in [0.2, 0.25) is 0 Å².